The van der Waals surface area contributed by atoms with Crippen LogP contribution in [0.2, 0.25) is 0 Å². The van der Waals surface area contributed by atoms with Crippen LogP contribution in [0.15, 0.2) is 42.5 Å². The van der Waals surface area contributed by atoms with Crippen LogP contribution in [0.25, 0.3) is 16.9 Å². The summed E-state index contributed by atoms with van der Waals surface area (Å²) in [6.07, 6.45) is 1.90. The lowest BCUT2D eigenvalue weighted by Gasteiger charge is -2.07. The van der Waals surface area contributed by atoms with Gasteiger partial charge in [0.05, 0.1) is 0 Å². The van der Waals surface area contributed by atoms with Crippen LogP contribution in [0.1, 0.15) is 19.2 Å². The molecule has 0 atom stereocenters. The van der Waals surface area contributed by atoms with Crippen LogP contribution in [0, 0.1) is 0 Å². The van der Waals surface area contributed by atoms with Gasteiger partial charge in [-0.15, -0.1) is 0 Å². The number of aryl methyl sites for hydroxylation is 1. The van der Waals surface area contributed by atoms with Gasteiger partial charge in [-0.25, -0.2) is 4.98 Å². The van der Waals surface area contributed by atoms with Gasteiger partial charge in [0.25, 0.3) is 0 Å². The summed E-state index contributed by atoms with van der Waals surface area (Å²) in [6.45, 7) is 2.12. The van der Waals surface area contributed by atoms with Crippen molar-refractivity contribution in [1.82, 2.24) is 14.5 Å². The zero-order chi connectivity index (χ0) is 13.2. The Morgan fingerprint density at radius 3 is 2.58 bits per heavy atom. The van der Waals surface area contributed by atoms with Crippen molar-refractivity contribution in [3.05, 3.63) is 48.3 Å². The van der Waals surface area contributed by atoms with Crippen molar-refractivity contribution in [2.75, 3.05) is 0 Å². The van der Waals surface area contributed by atoms with Gasteiger partial charge in [-0.1, -0.05) is 25.1 Å². The van der Waals surface area contributed by atoms with E-state index in [1.807, 2.05) is 34.9 Å². The third-order valence-electron chi connectivity index (χ3n) is 3.05. The van der Waals surface area contributed by atoms with E-state index < -0.39 is 0 Å². The molecule has 0 aliphatic carbocycles. The first-order valence-electron chi connectivity index (χ1n) is 6.42. The molecule has 0 bridgehead atoms. The number of aromatic hydroxyl groups is 1. The summed E-state index contributed by atoms with van der Waals surface area (Å²) in [5.41, 5.74) is 2.53. The third kappa shape index (κ3) is 2.05. The molecule has 0 spiro atoms. The number of fused-ring (bicyclic) bond motifs is 1. The van der Waals surface area contributed by atoms with E-state index in [9.17, 15) is 5.11 Å². The Bertz CT molecular complexity index is 704. The zero-order valence-electron chi connectivity index (χ0n) is 10.7. The molecule has 0 fully saturated rings. The van der Waals surface area contributed by atoms with Crippen LogP contribution in [-0.4, -0.2) is 19.6 Å². The SMILES string of the molecule is CCCc1nc2ccc(O)nc2n1-c1ccccc1. The number of rotatable bonds is 3. The van der Waals surface area contributed by atoms with Crippen molar-refractivity contribution in [1.29, 1.82) is 0 Å². The molecule has 19 heavy (non-hydrogen) atoms. The molecule has 0 radical (unpaired) electrons. The maximum Gasteiger partial charge on any atom is 0.212 e. The van der Waals surface area contributed by atoms with E-state index in [0.29, 0.717) is 5.65 Å². The lowest BCUT2D eigenvalue weighted by molar-refractivity contribution is 0.455. The summed E-state index contributed by atoms with van der Waals surface area (Å²) in [5, 5.41) is 9.59. The maximum absolute atomic E-state index is 9.59. The molecular formula is C15H15N3O. The summed E-state index contributed by atoms with van der Waals surface area (Å²) in [5.74, 6) is 0.995. The number of aromatic nitrogens is 3. The van der Waals surface area contributed by atoms with Gasteiger partial charge in [-0.2, -0.15) is 4.98 Å². The van der Waals surface area contributed by atoms with E-state index >= 15 is 0 Å². The van der Waals surface area contributed by atoms with Gasteiger partial charge in [-0.3, -0.25) is 4.57 Å². The smallest absolute Gasteiger partial charge is 0.212 e. The molecule has 0 saturated carbocycles. The fourth-order valence-corrected chi connectivity index (χ4v) is 2.23. The molecule has 3 aromatic rings. The minimum absolute atomic E-state index is 0.0210. The van der Waals surface area contributed by atoms with Gasteiger partial charge < -0.3 is 5.11 Å². The number of benzene rings is 1. The molecule has 0 aliphatic rings. The fraction of sp³-hybridized carbons (Fsp3) is 0.200. The highest BCUT2D eigenvalue weighted by molar-refractivity contribution is 5.74. The van der Waals surface area contributed by atoms with E-state index in [2.05, 4.69) is 16.9 Å². The molecule has 2 aromatic heterocycles. The van der Waals surface area contributed by atoms with Crippen molar-refractivity contribution in [3.8, 4) is 11.6 Å². The predicted molar refractivity (Wildman–Crippen MR) is 74.5 cm³/mol. The van der Waals surface area contributed by atoms with Gasteiger partial charge in [0.2, 0.25) is 5.88 Å². The summed E-state index contributed by atoms with van der Waals surface area (Å²) >= 11 is 0. The Morgan fingerprint density at radius 1 is 1.05 bits per heavy atom. The Hall–Kier alpha value is -2.36. The van der Waals surface area contributed by atoms with Crippen molar-refractivity contribution in [3.63, 3.8) is 0 Å². The first-order valence-corrected chi connectivity index (χ1v) is 6.42. The standard InChI is InChI=1S/C15H15N3O/c1-2-6-13-16-12-9-10-14(19)17-15(12)18(13)11-7-4-3-5-8-11/h3-5,7-10H,2,6H2,1H3,(H,17,19). The summed E-state index contributed by atoms with van der Waals surface area (Å²) in [7, 11) is 0. The Morgan fingerprint density at radius 2 is 1.84 bits per heavy atom. The molecule has 2 heterocycles. The minimum Gasteiger partial charge on any atom is -0.493 e. The molecule has 0 unspecified atom stereocenters. The molecular weight excluding hydrogens is 238 g/mol. The van der Waals surface area contributed by atoms with E-state index in [1.54, 1.807) is 12.1 Å². The van der Waals surface area contributed by atoms with Crippen LogP contribution in [0.4, 0.5) is 0 Å². The Kier molecular flexibility index (Phi) is 2.91. The second kappa shape index (κ2) is 4.72. The molecule has 4 nitrogen and oxygen atoms in total. The molecule has 4 heteroatoms. The summed E-state index contributed by atoms with van der Waals surface area (Å²) in [6, 6.07) is 13.4. The number of hydrogen-bond acceptors (Lipinski definition) is 3. The van der Waals surface area contributed by atoms with Crippen molar-refractivity contribution in [2.24, 2.45) is 0 Å². The monoisotopic (exact) mass is 253 g/mol. The van der Waals surface area contributed by atoms with E-state index in [1.165, 1.54) is 0 Å². The van der Waals surface area contributed by atoms with E-state index in [4.69, 9.17) is 0 Å². The lowest BCUT2D eigenvalue weighted by atomic mass is 10.3. The molecule has 96 valence electrons. The van der Waals surface area contributed by atoms with Crippen molar-refractivity contribution < 1.29 is 5.11 Å². The van der Waals surface area contributed by atoms with Crippen LogP contribution < -0.4 is 0 Å². The second-order valence-electron chi connectivity index (χ2n) is 4.46. The Labute approximate surface area is 111 Å². The number of para-hydroxylation sites is 1. The number of pyridine rings is 1. The van der Waals surface area contributed by atoms with Crippen LogP contribution in [-0.2, 0) is 6.42 Å². The number of hydrogen-bond donors (Lipinski definition) is 1. The quantitative estimate of drug-likeness (QED) is 0.780. The zero-order valence-corrected chi connectivity index (χ0v) is 10.7. The number of imidazole rings is 1. The van der Waals surface area contributed by atoms with E-state index in [0.717, 1.165) is 29.9 Å². The highest BCUT2D eigenvalue weighted by Gasteiger charge is 2.13. The first kappa shape index (κ1) is 11.7. The van der Waals surface area contributed by atoms with E-state index in [-0.39, 0.29) is 5.88 Å². The van der Waals surface area contributed by atoms with Crippen molar-refractivity contribution in [2.45, 2.75) is 19.8 Å². The topological polar surface area (TPSA) is 50.9 Å². The molecule has 1 aromatic carbocycles. The van der Waals surface area contributed by atoms with Gasteiger partial charge >= 0.3 is 0 Å². The second-order valence-corrected chi connectivity index (χ2v) is 4.46. The largest absolute Gasteiger partial charge is 0.493 e. The predicted octanol–water partition coefficient (Wildman–Crippen LogP) is 3.08. The Balaban J connectivity index is 2.30. The first-order chi connectivity index (χ1) is 9.29. The molecule has 0 saturated heterocycles. The summed E-state index contributed by atoms with van der Waals surface area (Å²) in [4.78, 5) is 8.82. The number of nitrogens with zero attached hydrogens (tertiary/aromatic N) is 3. The van der Waals surface area contributed by atoms with Gasteiger partial charge in [0.15, 0.2) is 5.65 Å². The molecule has 1 N–H and O–H groups in total. The average molecular weight is 253 g/mol. The minimum atomic E-state index is 0.0210. The summed E-state index contributed by atoms with van der Waals surface area (Å²) < 4.78 is 2.01. The molecule has 3 rings (SSSR count). The van der Waals surface area contributed by atoms with Crippen LogP contribution in [0.5, 0.6) is 5.88 Å². The normalized spacial score (nSPS) is 11.0. The van der Waals surface area contributed by atoms with Crippen molar-refractivity contribution >= 4 is 11.2 Å². The lowest BCUT2D eigenvalue weighted by Crippen LogP contribution is -2.01. The molecule has 0 aliphatic heterocycles. The highest BCUT2D eigenvalue weighted by atomic mass is 16.3. The average Bonchev–Trinajstić information content (AvgIpc) is 2.77. The molecule has 0 amide bonds. The highest BCUT2D eigenvalue weighted by Crippen LogP contribution is 2.22. The maximum atomic E-state index is 9.59. The third-order valence-corrected chi connectivity index (χ3v) is 3.05. The fourth-order valence-electron chi connectivity index (χ4n) is 2.23. The van der Waals surface area contributed by atoms with Crippen LogP contribution in [0.3, 0.4) is 0 Å². The van der Waals surface area contributed by atoms with Crippen LogP contribution >= 0.6 is 0 Å². The van der Waals surface area contributed by atoms with Gasteiger partial charge in [0, 0.05) is 18.2 Å². The van der Waals surface area contributed by atoms with Gasteiger partial charge in [-0.05, 0) is 24.6 Å². The van der Waals surface area contributed by atoms with Gasteiger partial charge in [0.1, 0.15) is 11.3 Å².